The van der Waals surface area contributed by atoms with Crippen LogP contribution in [0.1, 0.15) is 23.7 Å². The molecule has 4 rings (SSSR count). The van der Waals surface area contributed by atoms with Gasteiger partial charge in [-0.15, -0.1) is 0 Å². The molecule has 0 aliphatic heterocycles. The molecule has 0 saturated carbocycles. The number of aryl methyl sites for hydroxylation is 2. The number of fused-ring (bicyclic) bond motifs is 1. The van der Waals surface area contributed by atoms with Gasteiger partial charge in [0.15, 0.2) is 6.61 Å². The maximum Gasteiger partial charge on any atom is 0.262 e. The van der Waals surface area contributed by atoms with Gasteiger partial charge in [-0.25, -0.2) is 4.98 Å². The van der Waals surface area contributed by atoms with Gasteiger partial charge < -0.3 is 14.8 Å². The Hall–Kier alpha value is -4.13. The number of carbonyl (C=O) groups is 1. The minimum absolute atomic E-state index is 0.0964. The lowest BCUT2D eigenvalue weighted by molar-refractivity contribution is -0.118. The van der Waals surface area contributed by atoms with Crippen molar-refractivity contribution in [3.05, 3.63) is 100 Å². The SMILES string of the molecule is CCc1ccc(OCC(=O)Nc2cccc(OCc3cc(=O)n4cccc(C)c4n3)c2)cc1. The molecule has 33 heavy (non-hydrogen) atoms. The third kappa shape index (κ3) is 5.57. The summed E-state index contributed by atoms with van der Waals surface area (Å²) in [5, 5.41) is 2.80. The number of anilines is 1. The Morgan fingerprint density at radius 2 is 1.82 bits per heavy atom. The molecule has 1 N–H and O–H groups in total. The lowest BCUT2D eigenvalue weighted by atomic mass is 10.2. The van der Waals surface area contributed by atoms with Gasteiger partial charge in [0, 0.05) is 24.0 Å². The van der Waals surface area contributed by atoms with Crippen molar-refractivity contribution in [1.82, 2.24) is 9.38 Å². The molecule has 168 valence electrons. The molecule has 0 bridgehead atoms. The number of nitrogens with zero attached hydrogens (tertiary/aromatic N) is 2. The fraction of sp³-hybridized carbons (Fsp3) is 0.192. The van der Waals surface area contributed by atoms with Crippen LogP contribution in [0.2, 0.25) is 0 Å². The second-order valence-corrected chi connectivity index (χ2v) is 7.62. The minimum atomic E-state index is -0.272. The van der Waals surface area contributed by atoms with E-state index in [4.69, 9.17) is 9.47 Å². The number of ether oxygens (including phenoxy) is 2. The number of rotatable bonds is 8. The fourth-order valence-electron chi connectivity index (χ4n) is 3.37. The van der Waals surface area contributed by atoms with E-state index < -0.39 is 0 Å². The zero-order chi connectivity index (χ0) is 23.2. The minimum Gasteiger partial charge on any atom is -0.487 e. The summed E-state index contributed by atoms with van der Waals surface area (Å²) < 4.78 is 12.9. The van der Waals surface area contributed by atoms with Crippen LogP contribution in [0, 0.1) is 6.92 Å². The molecule has 4 aromatic rings. The van der Waals surface area contributed by atoms with Crippen LogP contribution in [0.3, 0.4) is 0 Å². The first kappa shape index (κ1) is 22.1. The summed E-state index contributed by atoms with van der Waals surface area (Å²) in [7, 11) is 0. The summed E-state index contributed by atoms with van der Waals surface area (Å²) in [6.45, 7) is 4.03. The van der Waals surface area contributed by atoms with Crippen LogP contribution in [0.15, 0.2) is 77.7 Å². The maximum atomic E-state index is 12.3. The molecule has 2 heterocycles. The molecule has 0 radical (unpaired) electrons. The van der Waals surface area contributed by atoms with E-state index in [2.05, 4.69) is 17.2 Å². The first-order valence-corrected chi connectivity index (χ1v) is 10.7. The first-order chi connectivity index (χ1) is 16.0. The number of hydrogen-bond acceptors (Lipinski definition) is 5. The molecule has 0 fully saturated rings. The second-order valence-electron chi connectivity index (χ2n) is 7.62. The van der Waals surface area contributed by atoms with E-state index in [0.29, 0.717) is 28.5 Å². The summed E-state index contributed by atoms with van der Waals surface area (Å²) in [6, 6.07) is 19.9. The van der Waals surface area contributed by atoms with Crippen molar-refractivity contribution in [3.63, 3.8) is 0 Å². The smallest absolute Gasteiger partial charge is 0.262 e. The predicted octanol–water partition coefficient (Wildman–Crippen LogP) is 4.16. The van der Waals surface area contributed by atoms with Crippen molar-refractivity contribution in [2.45, 2.75) is 26.9 Å². The van der Waals surface area contributed by atoms with Crippen LogP contribution < -0.4 is 20.3 Å². The van der Waals surface area contributed by atoms with Crippen LogP contribution in [0.5, 0.6) is 11.5 Å². The molecule has 2 aromatic heterocycles. The highest BCUT2D eigenvalue weighted by atomic mass is 16.5. The first-order valence-electron chi connectivity index (χ1n) is 10.7. The van der Waals surface area contributed by atoms with Crippen molar-refractivity contribution >= 4 is 17.2 Å². The number of amides is 1. The monoisotopic (exact) mass is 443 g/mol. The van der Waals surface area contributed by atoms with Crippen LogP contribution in [0.25, 0.3) is 5.65 Å². The van der Waals surface area contributed by atoms with Gasteiger partial charge in [-0.3, -0.25) is 14.0 Å². The van der Waals surface area contributed by atoms with Crippen LogP contribution in [-0.4, -0.2) is 21.9 Å². The largest absolute Gasteiger partial charge is 0.487 e. The normalized spacial score (nSPS) is 10.7. The molecular formula is C26H25N3O4. The van der Waals surface area contributed by atoms with Crippen LogP contribution in [0.4, 0.5) is 5.69 Å². The molecule has 0 atom stereocenters. The van der Waals surface area contributed by atoms with Crippen molar-refractivity contribution in [3.8, 4) is 11.5 Å². The van der Waals surface area contributed by atoms with Gasteiger partial charge in [-0.2, -0.15) is 0 Å². The van der Waals surface area contributed by atoms with Gasteiger partial charge in [0.2, 0.25) is 0 Å². The van der Waals surface area contributed by atoms with E-state index in [0.717, 1.165) is 12.0 Å². The number of nitrogens with one attached hydrogen (secondary N) is 1. The number of pyridine rings is 1. The number of carbonyl (C=O) groups excluding carboxylic acids is 1. The van der Waals surface area contributed by atoms with Crippen molar-refractivity contribution in [2.75, 3.05) is 11.9 Å². The standard InChI is InChI=1S/C26H25N3O4/c1-3-19-9-11-22(12-10-19)33-17-24(30)27-20-7-4-8-23(14-20)32-16-21-15-25(31)29-13-5-6-18(2)26(29)28-21/h4-15H,3,16-17H2,1-2H3,(H,27,30). The molecule has 0 saturated heterocycles. The molecular weight excluding hydrogens is 418 g/mol. The van der Waals surface area contributed by atoms with Crippen LogP contribution in [-0.2, 0) is 17.8 Å². The Labute approximate surface area is 191 Å². The van der Waals surface area contributed by atoms with E-state index >= 15 is 0 Å². The van der Waals surface area contributed by atoms with Gasteiger partial charge >= 0.3 is 0 Å². The summed E-state index contributed by atoms with van der Waals surface area (Å²) in [6.07, 6.45) is 2.64. The van der Waals surface area contributed by atoms with Gasteiger partial charge in [0.25, 0.3) is 11.5 Å². The van der Waals surface area contributed by atoms with Crippen molar-refractivity contribution in [1.29, 1.82) is 0 Å². The van der Waals surface area contributed by atoms with E-state index in [1.54, 1.807) is 30.5 Å². The molecule has 7 nitrogen and oxygen atoms in total. The van der Waals surface area contributed by atoms with E-state index in [1.165, 1.54) is 16.0 Å². The third-order valence-corrected chi connectivity index (χ3v) is 5.15. The second kappa shape index (κ2) is 9.99. The zero-order valence-corrected chi connectivity index (χ0v) is 18.6. The molecule has 0 spiro atoms. The highest BCUT2D eigenvalue weighted by molar-refractivity contribution is 5.92. The Balaban J connectivity index is 1.36. The Morgan fingerprint density at radius 3 is 2.61 bits per heavy atom. The van der Waals surface area contributed by atoms with Gasteiger partial charge in [-0.1, -0.05) is 31.2 Å². The Morgan fingerprint density at radius 1 is 1.00 bits per heavy atom. The van der Waals surface area contributed by atoms with E-state index in [1.807, 2.05) is 43.3 Å². The molecule has 0 aliphatic rings. The third-order valence-electron chi connectivity index (χ3n) is 5.15. The van der Waals surface area contributed by atoms with E-state index in [-0.39, 0.29) is 24.7 Å². The summed E-state index contributed by atoms with van der Waals surface area (Å²) in [5.41, 5.74) is 3.69. The van der Waals surface area contributed by atoms with Crippen LogP contribution >= 0.6 is 0 Å². The van der Waals surface area contributed by atoms with Crippen molar-refractivity contribution in [2.24, 2.45) is 0 Å². The average Bonchev–Trinajstić information content (AvgIpc) is 2.83. The highest BCUT2D eigenvalue weighted by Crippen LogP contribution is 2.19. The summed E-state index contributed by atoms with van der Waals surface area (Å²) in [4.78, 5) is 29.1. The quantitative estimate of drug-likeness (QED) is 0.442. The zero-order valence-electron chi connectivity index (χ0n) is 18.6. The number of benzene rings is 2. The van der Waals surface area contributed by atoms with Gasteiger partial charge in [-0.05, 0) is 54.8 Å². The summed E-state index contributed by atoms with van der Waals surface area (Å²) >= 11 is 0. The molecule has 1 amide bonds. The Bertz CT molecular complexity index is 1330. The highest BCUT2D eigenvalue weighted by Gasteiger charge is 2.08. The predicted molar refractivity (Wildman–Crippen MR) is 127 cm³/mol. The molecule has 2 aromatic carbocycles. The lowest BCUT2D eigenvalue weighted by Crippen LogP contribution is -2.20. The topological polar surface area (TPSA) is 81.9 Å². The maximum absolute atomic E-state index is 12.3. The lowest BCUT2D eigenvalue weighted by Gasteiger charge is -2.11. The number of hydrogen-bond donors (Lipinski definition) is 1. The molecule has 0 aliphatic carbocycles. The van der Waals surface area contributed by atoms with Gasteiger partial charge in [0.1, 0.15) is 23.8 Å². The van der Waals surface area contributed by atoms with E-state index in [9.17, 15) is 9.59 Å². The summed E-state index contributed by atoms with van der Waals surface area (Å²) in [5.74, 6) is 0.926. The van der Waals surface area contributed by atoms with Gasteiger partial charge in [0.05, 0.1) is 5.69 Å². The molecule has 0 unspecified atom stereocenters. The Kier molecular flexibility index (Phi) is 6.69. The van der Waals surface area contributed by atoms with Crippen molar-refractivity contribution < 1.29 is 14.3 Å². The molecule has 7 heteroatoms. The average molecular weight is 444 g/mol. The fourth-order valence-corrected chi connectivity index (χ4v) is 3.37. The number of aromatic nitrogens is 2.